The van der Waals surface area contributed by atoms with Crippen molar-refractivity contribution in [3.05, 3.63) is 64.8 Å². The van der Waals surface area contributed by atoms with Crippen molar-refractivity contribution in [2.75, 3.05) is 34.4 Å². The first-order valence-electron chi connectivity index (χ1n) is 11.6. The number of alkyl halides is 3. The number of nitrogens with zero attached hydrogens (tertiary/aromatic N) is 3. The van der Waals surface area contributed by atoms with Gasteiger partial charge >= 0.3 is 6.18 Å². The molecule has 4 rings (SSSR count). The highest BCUT2D eigenvalue weighted by Crippen LogP contribution is 2.38. The van der Waals surface area contributed by atoms with Crippen molar-refractivity contribution in [3.63, 3.8) is 0 Å². The van der Waals surface area contributed by atoms with Gasteiger partial charge in [0.25, 0.3) is 5.91 Å². The lowest BCUT2D eigenvalue weighted by molar-refractivity contribution is -0.138. The number of nitrogens with two attached hydrogens (primary N) is 1. The van der Waals surface area contributed by atoms with E-state index < -0.39 is 17.6 Å². The molecule has 0 radical (unpaired) electrons. The molecule has 2 N–H and O–H groups in total. The number of ether oxygens (including phenoxy) is 3. The van der Waals surface area contributed by atoms with E-state index in [2.05, 4.69) is 9.88 Å². The Morgan fingerprint density at radius 1 is 1.11 bits per heavy atom. The molecule has 0 aliphatic rings. The van der Waals surface area contributed by atoms with Crippen molar-refractivity contribution < 1.29 is 32.2 Å². The highest BCUT2D eigenvalue weighted by molar-refractivity contribution is 7.16. The van der Waals surface area contributed by atoms with Crippen LogP contribution in [0.1, 0.15) is 27.2 Å². The van der Waals surface area contributed by atoms with E-state index in [-0.39, 0.29) is 22.8 Å². The average molecular weight is 549 g/mol. The smallest absolute Gasteiger partial charge is 0.416 e. The predicted molar refractivity (Wildman–Crippen MR) is 138 cm³/mol. The quantitative estimate of drug-likeness (QED) is 0.262. The first-order valence-corrected chi connectivity index (χ1v) is 12.4. The number of primary amides is 1. The Morgan fingerprint density at radius 2 is 1.87 bits per heavy atom. The van der Waals surface area contributed by atoms with Crippen molar-refractivity contribution in [2.45, 2.75) is 19.2 Å². The number of carbonyl (C=O) groups is 1. The molecule has 0 unspecified atom stereocenters. The third-order valence-corrected chi connectivity index (χ3v) is 6.82. The van der Waals surface area contributed by atoms with Crippen molar-refractivity contribution in [1.29, 1.82) is 0 Å². The van der Waals surface area contributed by atoms with Crippen molar-refractivity contribution in [2.24, 2.45) is 5.73 Å². The molecule has 38 heavy (non-hydrogen) atoms. The van der Waals surface area contributed by atoms with Gasteiger partial charge in [-0.15, -0.1) is 11.3 Å². The van der Waals surface area contributed by atoms with Gasteiger partial charge in [0.1, 0.15) is 28.6 Å². The topological polar surface area (TPSA) is 91.8 Å². The van der Waals surface area contributed by atoms with Crippen LogP contribution in [0.15, 0.2) is 48.8 Å². The monoisotopic (exact) mass is 548 g/mol. The van der Waals surface area contributed by atoms with Crippen LogP contribution in [-0.4, -0.2) is 54.7 Å². The van der Waals surface area contributed by atoms with Crippen LogP contribution in [0.5, 0.6) is 17.2 Å². The normalized spacial score (nSPS) is 11.8. The molecule has 202 valence electrons. The average Bonchev–Trinajstić information content (AvgIpc) is 3.48. The van der Waals surface area contributed by atoms with Gasteiger partial charge in [-0.05, 0) is 26.6 Å². The standard InChI is InChI=1S/C26H27F3N4O4S/c1-32(2)9-6-10-36-21-12-19-18(11-20(21)35-3)31-15-33(19)23-13-22(24(38-23)25(30)34)37-14-16-7-4-5-8-17(16)26(27,28)29/h4-5,7-8,11-13,15H,6,9-10,14H2,1-3H3,(H2,30,34). The number of carbonyl (C=O) groups excluding carboxylic acids is 1. The van der Waals surface area contributed by atoms with E-state index in [1.807, 2.05) is 14.1 Å². The van der Waals surface area contributed by atoms with Gasteiger partial charge in [-0.1, -0.05) is 18.2 Å². The summed E-state index contributed by atoms with van der Waals surface area (Å²) in [5.74, 6) is 0.401. The number of thiophene rings is 1. The number of hydrogen-bond acceptors (Lipinski definition) is 7. The number of aromatic nitrogens is 2. The Labute approximate surface area is 221 Å². The molecule has 2 heterocycles. The van der Waals surface area contributed by atoms with Crippen LogP contribution in [0.25, 0.3) is 16.0 Å². The molecule has 2 aromatic carbocycles. The van der Waals surface area contributed by atoms with Crippen molar-refractivity contribution in [1.82, 2.24) is 14.5 Å². The van der Waals surface area contributed by atoms with Crippen molar-refractivity contribution in [3.8, 4) is 22.2 Å². The molecule has 8 nitrogen and oxygen atoms in total. The number of hydrogen-bond donors (Lipinski definition) is 1. The van der Waals surface area contributed by atoms with E-state index in [0.717, 1.165) is 30.4 Å². The number of benzene rings is 2. The van der Waals surface area contributed by atoms with E-state index >= 15 is 0 Å². The molecule has 0 fully saturated rings. The lowest BCUT2D eigenvalue weighted by atomic mass is 10.1. The van der Waals surface area contributed by atoms with Gasteiger partial charge in [-0.3, -0.25) is 9.36 Å². The second-order valence-electron chi connectivity index (χ2n) is 8.70. The molecule has 2 aromatic heterocycles. The van der Waals surface area contributed by atoms with Crippen LogP contribution in [0.2, 0.25) is 0 Å². The molecule has 0 saturated carbocycles. The highest BCUT2D eigenvalue weighted by Gasteiger charge is 2.33. The Bertz CT molecular complexity index is 1430. The van der Waals surface area contributed by atoms with E-state index in [1.165, 1.54) is 18.2 Å². The van der Waals surface area contributed by atoms with Gasteiger partial charge in [0, 0.05) is 30.3 Å². The summed E-state index contributed by atoms with van der Waals surface area (Å²) in [6.45, 7) is 0.957. The molecular weight excluding hydrogens is 521 g/mol. The molecule has 0 aliphatic carbocycles. The predicted octanol–water partition coefficient (Wildman–Crippen LogP) is 5.12. The van der Waals surface area contributed by atoms with Crippen LogP contribution < -0.4 is 19.9 Å². The van der Waals surface area contributed by atoms with E-state index in [0.29, 0.717) is 34.1 Å². The molecule has 0 aliphatic heterocycles. The maximum Gasteiger partial charge on any atom is 0.416 e. The first kappa shape index (κ1) is 27.3. The van der Waals surface area contributed by atoms with Crippen LogP contribution >= 0.6 is 11.3 Å². The molecule has 0 atom stereocenters. The number of rotatable bonds is 11. The first-order chi connectivity index (χ1) is 18.1. The second-order valence-corrected chi connectivity index (χ2v) is 9.73. The van der Waals surface area contributed by atoms with E-state index in [9.17, 15) is 18.0 Å². The molecule has 4 aromatic rings. The van der Waals surface area contributed by atoms with E-state index in [1.54, 1.807) is 36.2 Å². The van der Waals surface area contributed by atoms with Gasteiger partial charge in [0.05, 0.1) is 30.3 Å². The van der Waals surface area contributed by atoms with Crippen molar-refractivity contribution >= 4 is 28.3 Å². The Morgan fingerprint density at radius 3 is 2.55 bits per heavy atom. The van der Waals surface area contributed by atoms with Crippen LogP contribution in [-0.2, 0) is 12.8 Å². The minimum absolute atomic E-state index is 0.0561. The maximum absolute atomic E-state index is 13.4. The number of methoxy groups -OCH3 is 1. The summed E-state index contributed by atoms with van der Waals surface area (Å²) in [6.07, 6.45) is -2.15. The van der Waals surface area contributed by atoms with Crippen LogP contribution in [0.4, 0.5) is 13.2 Å². The third kappa shape index (κ3) is 6.03. The summed E-state index contributed by atoms with van der Waals surface area (Å²) in [6, 6.07) is 10.2. The molecule has 0 spiro atoms. The number of imidazole rings is 1. The van der Waals surface area contributed by atoms with Gasteiger partial charge < -0.3 is 24.8 Å². The fourth-order valence-electron chi connectivity index (χ4n) is 3.87. The van der Waals surface area contributed by atoms with Gasteiger partial charge in [-0.2, -0.15) is 13.2 Å². The van der Waals surface area contributed by atoms with Gasteiger partial charge in [0.15, 0.2) is 11.5 Å². The van der Waals surface area contributed by atoms with Gasteiger partial charge in [-0.25, -0.2) is 4.98 Å². The van der Waals surface area contributed by atoms with Crippen LogP contribution in [0.3, 0.4) is 0 Å². The zero-order valence-corrected chi connectivity index (χ0v) is 21.9. The maximum atomic E-state index is 13.4. The minimum atomic E-state index is -4.53. The summed E-state index contributed by atoms with van der Waals surface area (Å²) < 4.78 is 59.0. The summed E-state index contributed by atoms with van der Waals surface area (Å²) in [4.78, 5) is 18.7. The minimum Gasteiger partial charge on any atom is -0.493 e. The largest absolute Gasteiger partial charge is 0.493 e. The highest BCUT2D eigenvalue weighted by atomic mass is 32.1. The summed E-state index contributed by atoms with van der Waals surface area (Å²) in [5, 5.41) is 0.545. The summed E-state index contributed by atoms with van der Waals surface area (Å²) >= 11 is 1.05. The Hall–Kier alpha value is -3.77. The number of fused-ring (bicyclic) bond motifs is 1. The SMILES string of the molecule is COc1cc2ncn(-c3cc(OCc4ccccc4C(F)(F)F)c(C(N)=O)s3)c2cc1OCCCN(C)C. The molecule has 12 heteroatoms. The zero-order valence-electron chi connectivity index (χ0n) is 21.0. The second kappa shape index (κ2) is 11.3. The molecule has 1 amide bonds. The van der Waals surface area contributed by atoms with E-state index in [4.69, 9.17) is 19.9 Å². The third-order valence-electron chi connectivity index (χ3n) is 5.69. The zero-order chi connectivity index (χ0) is 27.4. The fraction of sp³-hybridized carbons (Fsp3) is 0.308. The lowest BCUT2D eigenvalue weighted by Gasteiger charge is -2.13. The molecule has 0 saturated heterocycles. The molecule has 0 bridgehead atoms. The fourth-order valence-corrected chi connectivity index (χ4v) is 4.80. The Balaban J connectivity index is 1.64. The summed E-state index contributed by atoms with van der Waals surface area (Å²) in [5.41, 5.74) is 6.01. The van der Waals surface area contributed by atoms with Gasteiger partial charge in [0.2, 0.25) is 0 Å². The van der Waals surface area contributed by atoms with Crippen LogP contribution in [0, 0.1) is 0 Å². The number of halogens is 3. The Kier molecular flexibility index (Phi) is 8.12. The lowest BCUT2D eigenvalue weighted by Crippen LogP contribution is -2.15. The molecular formula is C26H27F3N4O4S. The number of amides is 1. The summed E-state index contributed by atoms with van der Waals surface area (Å²) in [7, 11) is 5.52.